The fraction of sp³-hybridized carbons (Fsp3) is 0.667. The van der Waals surface area contributed by atoms with Gasteiger partial charge in [-0.2, -0.15) is 0 Å². The van der Waals surface area contributed by atoms with Crippen LogP contribution in [0.1, 0.15) is 44.6 Å². The van der Waals surface area contributed by atoms with Gasteiger partial charge in [-0.1, -0.05) is 31.4 Å². The summed E-state index contributed by atoms with van der Waals surface area (Å²) in [4.78, 5) is 25.5. The molecule has 1 aromatic rings. The predicted octanol–water partition coefficient (Wildman–Crippen LogP) is 3.76. The Bertz CT molecular complexity index is 673. The Morgan fingerprint density at radius 1 is 1.09 bits per heavy atom. The summed E-state index contributed by atoms with van der Waals surface area (Å²) < 4.78 is 21.4. The fourth-order valence-electron chi connectivity index (χ4n) is 3.87. The predicted molar refractivity (Wildman–Crippen MR) is 120 cm³/mol. The third-order valence-electron chi connectivity index (χ3n) is 5.59. The Hall–Kier alpha value is -2.32. The van der Waals surface area contributed by atoms with E-state index in [1.54, 1.807) is 18.9 Å². The molecule has 2 rings (SSSR count). The summed E-state index contributed by atoms with van der Waals surface area (Å²) >= 11 is 0. The highest BCUT2D eigenvalue weighted by molar-refractivity contribution is 5.72. The lowest BCUT2D eigenvalue weighted by atomic mass is 9.89. The maximum absolute atomic E-state index is 12.5. The number of aliphatic carboxylic acids is 1. The summed E-state index contributed by atoms with van der Waals surface area (Å²) in [7, 11) is 1.57. The number of carboxylic acids is 1. The van der Waals surface area contributed by atoms with Crippen LogP contribution in [0.4, 0.5) is 4.79 Å². The van der Waals surface area contributed by atoms with Crippen molar-refractivity contribution >= 4 is 12.1 Å². The zero-order valence-corrected chi connectivity index (χ0v) is 19.3. The van der Waals surface area contributed by atoms with Gasteiger partial charge < -0.3 is 29.0 Å². The second kappa shape index (κ2) is 14.7. The molecule has 1 aromatic carbocycles. The molecule has 180 valence electrons. The molecule has 1 saturated carbocycles. The first-order valence-electron chi connectivity index (χ1n) is 11.5. The van der Waals surface area contributed by atoms with Crippen LogP contribution in [0, 0.1) is 5.92 Å². The molecule has 1 atom stereocenters. The standard InChI is InChI=1S/C24H37NO7/c1-3-30-22(23(26)27)17-19-9-11-21(12-10-19)31-14-13-25(24(28)32-16-15-29-2)18-20-7-5-4-6-8-20/h9-12,20,22H,3-8,13-18H2,1-2H3,(H,26,27). The minimum absolute atomic E-state index is 0.234. The molecule has 1 amide bonds. The van der Waals surface area contributed by atoms with Gasteiger partial charge in [0.1, 0.15) is 19.0 Å². The number of hydrogen-bond acceptors (Lipinski definition) is 6. The van der Waals surface area contributed by atoms with Crippen LogP contribution in [0.15, 0.2) is 24.3 Å². The minimum Gasteiger partial charge on any atom is -0.492 e. The summed E-state index contributed by atoms with van der Waals surface area (Å²) in [5, 5.41) is 9.22. The van der Waals surface area contributed by atoms with Crippen molar-refractivity contribution in [1.82, 2.24) is 4.90 Å². The third-order valence-corrected chi connectivity index (χ3v) is 5.59. The van der Waals surface area contributed by atoms with Crippen molar-refractivity contribution in [2.45, 2.75) is 51.6 Å². The van der Waals surface area contributed by atoms with Gasteiger partial charge >= 0.3 is 12.1 Å². The lowest BCUT2D eigenvalue weighted by Gasteiger charge is -2.29. The number of rotatable bonds is 14. The van der Waals surface area contributed by atoms with Crippen LogP contribution in [0.3, 0.4) is 0 Å². The monoisotopic (exact) mass is 451 g/mol. The Balaban J connectivity index is 1.85. The first kappa shape index (κ1) is 25.9. The van der Waals surface area contributed by atoms with Crippen molar-refractivity contribution in [3.63, 3.8) is 0 Å². The molecule has 0 spiro atoms. The molecular weight excluding hydrogens is 414 g/mol. The molecule has 32 heavy (non-hydrogen) atoms. The molecule has 0 heterocycles. The largest absolute Gasteiger partial charge is 0.492 e. The smallest absolute Gasteiger partial charge is 0.409 e. The zero-order chi connectivity index (χ0) is 23.2. The highest BCUT2D eigenvalue weighted by Gasteiger charge is 2.22. The Morgan fingerprint density at radius 2 is 1.81 bits per heavy atom. The van der Waals surface area contributed by atoms with E-state index in [2.05, 4.69) is 0 Å². The average molecular weight is 452 g/mol. The van der Waals surface area contributed by atoms with Crippen LogP contribution in [0.5, 0.6) is 5.75 Å². The van der Waals surface area contributed by atoms with E-state index in [0.717, 1.165) is 18.4 Å². The van der Waals surface area contributed by atoms with Gasteiger partial charge in [0.05, 0.1) is 13.2 Å². The first-order chi connectivity index (χ1) is 15.5. The van der Waals surface area contributed by atoms with Gasteiger partial charge in [-0.05, 0) is 43.4 Å². The first-order valence-corrected chi connectivity index (χ1v) is 11.5. The van der Waals surface area contributed by atoms with E-state index < -0.39 is 12.1 Å². The van der Waals surface area contributed by atoms with Crippen molar-refractivity contribution < 1.29 is 33.6 Å². The average Bonchev–Trinajstić information content (AvgIpc) is 2.80. The van der Waals surface area contributed by atoms with Gasteiger partial charge in [0.25, 0.3) is 0 Å². The molecule has 0 aliphatic heterocycles. The lowest BCUT2D eigenvalue weighted by molar-refractivity contribution is -0.149. The summed E-state index contributed by atoms with van der Waals surface area (Å²) in [5.41, 5.74) is 0.860. The summed E-state index contributed by atoms with van der Waals surface area (Å²) in [6.45, 7) is 4.21. The molecule has 0 aromatic heterocycles. The van der Waals surface area contributed by atoms with E-state index >= 15 is 0 Å². The highest BCUT2D eigenvalue weighted by atomic mass is 16.6. The maximum Gasteiger partial charge on any atom is 0.409 e. The normalized spacial score (nSPS) is 15.2. The number of carbonyl (C=O) groups is 2. The molecule has 1 unspecified atom stereocenters. The van der Waals surface area contributed by atoms with Crippen molar-refractivity contribution in [3.8, 4) is 5.75 Å². The fourth-order valence-corrected chi connectivity index (χ4v) is 3.87. The number of nitrogens with zero attached hydrogens (tertiary/aromatic N) is 1. The lowest BCUT2D eigenvalue weighted by Crippen LogP contribution is -2.39. The van der Waals surface area contributed by atoms with Crippen LogP contribution in [-0.4, -0.2) is 74.8 Å². The number of hydrogen-bond donors (Lipinski definition) is 1. The van der Waals surface area contributed by atoms with Gasteiger partial charge in [0.15, 0.2) is 6.10 Å². The number of methoxy groups -OCH3 is 1. The quantitative estimate of drug-likeness (QED) is 0.430. The molecule has 1 aliphatic rings. The molecule has 1 fully saturated rings. The molecule has 0 radical (unpaired) electrons. The van der Waals surface area contributed by atoms with Crippen molar-refractivity contribution in [2.24, 2.45) is 5.92 Å². The van der Waals surface area contributed by atoms with Gasteiger partial charge in [-0.25, -0.2) is 9.59 Å². The Kier molecular flexibility index (Phi) is 11.9. The van der Waals surface area contributed by atoms with Crippen molar-refractivity contribution in [1.29, 1.82) is 0 Å². The van der Waals surface area contributed by atoms with Gasteiger partial charge in [0, 0.05) is 26.7 Å². The second-order valence-electron chi connectivity index (χ2n) is 8.04. The number of carbonyl (C=O) groups excluding carboxylic acids is 1. The third kappa shape index (κ3) is 9.44. The van der Waals surface area contributed by atoms with Gasteiger partial charge in [-0.15, -0.1) is 0 Å². The summed E-state index contributed by atoms with van der Waals surface area (Å²) in [6, 6.07) is 7.29. The number of benzene rings is 1. The van der Waals surface area contributed by atoms with E-state index in [9.17, 15) is 14.7 Å². The summed E-state index contributed by atoms with van der Waals surface area (Å²) in [6.07, 6.45) is 5.09. The van der Waals surface area contributed by atoms with E-state index in [0.29, 0.717) is 51.0 Å². The van der Waals surface area contributed by atoms with E-state index in [-0.39, 0.29) is 12.7 Å². The molecule has 8 heteroatoms. The van der Waals surface area contributed by atoms with E-state index in [4.69, 9.17) is 18.9 Å². The summed E-state index contributed by atoms with van der Waals surface area (Å²) in [5.74, 6) is 0.204. The topological polar surface area (TPSA) is 94.5 Å². The van der Waals surface area contributed by atoms with Crippen LogP contribution < -0.4 is 4.74 Å². The second-order valence-corrected chi connectivity index (χ2v) is 8.04. The van der Waals surface area contributed by atoms with Crippen LogP contribution >= 0.6 is 0 Å². The van der Waals surface area contributed by atoms with Crippen LogP contribution in [0.25, 0.3) is 0 Å². The van der Waals surface area contributed by atoms with Crippen molar-refractivity contribution in [2.75, 3.05) is 46.6 Å². The number of ether oxygens (including phenoxy) is 4. The molecule has 8 nitrogen and oxygen atoms in total. The van der Waals surface area contributed by atoms with Crippen molar-refractivity contribution in [3.05, 3.63) is 29.8 Å². The molecule has 0 bridgehead atoms. The molecule has 0 saturated heterocycles. The zero-order valence-electron chi connectivity index (χ0n) is 19.3. The van der Waals surface area contributed by atoms with Crippen LogP contribution in [0.2, 0.25) is 0 Å². The Labute approximate surface area is 190 Å². The molecule has 1 aliphatic carbocycles. The number of amides is 1. The van der Waals surface area contributed by atoms with E-state index in [1.165, 1.54) is 19.3 Å². The molecular formula is C24H37NO7. The molecule has 1 N–H and O–H groups in total. The van der Waals surface area contributed by atoms with Gasteiger partial charge in [-0.3, -0.25) is 0 Å². The Morgan fingerprint density at radius 3 is 2.44 bits per heavy atom. The van der Waals surface area contributed by atoms with E-state index in [1.807, 2.05) is 24.3 Å². The van der Waals surface area contributed by atoms with Crippen LogP contribution in [-0.2, 0) is 25.4 Å². The minimum atomic E-state index is -0.970. The maximum atomic E-state index is 12.5. The van der Waals surface area contributed by atoms with Gasteiger partial charge in [0.2, 0.25) is 0 Å². The highest BCUT2D eigenvalue weighted by Crippen LogP contribution is 2.24. The number of carboxylic acid groups (broad SMARTS) is 1. The SMILES string of the molecule is CCOC(Cc1ccc(OCCN(CC2CCCCC2)C(=O)OCCOC)cc1)C(=O)O.